The number of benzene rings is 3. The molecule has 3 rings (SSSR count). The quantitative estimate of drug-likeness (QED) is 0.560. The number of hydrogen-bond acceptors (Lipinski definition) is 2. The molecular formula is C26H28N2O2. The molecule has 1 atom stereocenters. The van der Waals surface area contributed by atoms with Gasteiger partial charge in [0.25, 0.3) is 0 Å². The third-order valence-corrected chi connectivity index (χ3v) is 5.32. The van der Waals surface area contributed by atoms with Crippen molar-refractivity contribution in [1.29, 1.82) is 0 Å². The first-order chi connectivity index (χ1) is 14.5. The van der Waals surface area contributed by atoms with E-state index in [0.717, 1.165) is 16.7 Å². The average Bonchev–Trinajstić information content (AvgIpc) is 2.76. The van der Waals surface area contributed by atoms with Crippen LogP contribution in [0.3, 0.4) is 0 Å². The van der Waals surface area contributed by atoms with Crippen molar-refractivity contribution in [2.45, 2.75) is 31.7 Å². The van der Waals surface area contributed by atoms with Crippen molar-refractivity contribution in [3.63, 3.8) is 0 Å². The van der Waals surface area contributed by atoms with Crippen molar-refractivity contribution in [3.8, 4) is 0 Å². The zero-order chi connectivity index (χ0) is 21.6. The van der Waals surface area contributed by atoms with Gasteiger partial charge in [-0.1, -0.05) is 105 Å². The molecule has 4 heteroatoms. The van der Waals surface area contributed by atoms with Crippen molar-refractivity contribution in [1.82, 2.24) is 5.32 Å². The maximum Gasteiger partial charge on any atom is 0.240 e. The van der Waals surface area contributed by atoms with Crippen molar-refractivity contribution >= 4 is 11.8 Å². The lowest BCUT2D eigenvalue weighted by molar-refractivity contribution is -0.129. The van der Waals surface area contributed by atoms with Gasteiger partial charge < -0.3 is 11.1 Å². The van der Waals surface area contributed by atoms with Crippen LogP contribution in [0.2, 0.25) is 0 Å². The van der Waals surface area contributed by atoms with Crippen LogP contribution in [-0.2, 0) is 15.0 Å². The summed E-state index contributed by atoms with van der Waals surface area (Å²) in [4.78, 5) is 26.2. The molecule has 0 heterocycles. The standard InChI is InChI=1S/C26H28N2O2/c1-19(2)18-23(24(27)29)28-25(30)26(20-12-6-3-7-13-20,21-14-8-4-9-15-21)22-16-10-5-11-17-22/h3-17,19,23H,18H2,1-2H3,(H2,27,29)(H,28,30)/t23-/m0/s1. The lowest BCUT2D eigenvalue weighted by Gasteiger charge is -2.35. The summed E-state index contributed by atoms with van der Waals surface area (Å²) < 4.78 is 0. The Bertz CT molecular complexity index is 873. The van der Waals surface area contributed by atoms with Crippen LogP contribution < -0.4 is 11.1 Å². The van der Waals surface area contributed by atoms with Gasteiger partial charge in [-0.15, -0.1) is 0 Å². The zero-order valence-corrected chi connectivity index (χ0v) is 17.4. The number of carbonyl (C=O) groups is 2. The van der Waals surface area contributed by atoms with Crippen LogP contribution in [-0.4, -0.2) is 17.9 Å². The number of hydrogen-bond donors (Lipinski definition) is 2. The Morgan fingerprint density at radius 2 is 1.13 bits per heavy atom. The van der Waals surface area contributed by atoms with E-state index in [1.807, 2.05) is 105 Å². The summed E-state index contributed by atoms with van der Waals surface area (Å²) in [6.07, 6.45) is 0.482. The van der Waals surface area contributed by atoms with Crippen molar-refractivity contribution in [2.75, 3.05) is 0 Å². The molecule has 2 amide bonds. The smallest absolute Gasteiger partial charge is 0.240 e. The predicted molar refractivity (Wildman–Crippen MR) is 120 cm³/mol. The summed E-state index contributed by atoms with van der Waals surface area (Å²) in [5.41, 5.74) is 7.00. The number of carbonyl (C=O) groups excluding carboxylic acids is 2. The van der Waals surface area contributed by atoms with E-state index in [1.54, 1.807) is 0 Å². The lowest BCUT2D eigenvalue weighted by Crippen LogP contribution is -2.53. The Morgan fingerprint density at radius 1 is 0.767 bits per heavy atom. The zero-order valence-electron chi connectivity index (χ0n) is 17.4. The lowest BCUT2D eigenvalue weighted by atomic mass is 9.68. The molecule has 0 spiro atoms. The van der Waals surface area contributed by atoms with E-state index in [4.69, 9.17) is 5.73 Å². The molecule has 30 heavy (non-hydrogen) atoms. The van der Waals surface area contributed by atoms with E-state index in [1.165, 1.54) is 0 Å². The highest BCUT2D eigenvalue weighted by atomic mass is 16.2. The molecule has 0 aliphatic carbocycles. The Morgan fingerprint density at radius 3 is 1.43 bits per heavy atom. The second kappa shape index (κ2) is 9.40. The summed E-state index contributed by atoms with van der Waals surface area (Å²) in [5.74, 6) is -0.585. The number of rotatable bonds is 8. The highest BCUT2D eigenvalue weighted by Crippen LogP contribution is 2.39. The van der Waals surface area contributed by atoms with E-state index < -0.39 is 17.4 Å². The third kappa shape index (κ3) is 4.28. The number of amides is 2. The van der Waals surface area contributed by atoms with Crippen molar-refractivity contribution < 1.29 is 9.59 Å². The van der Waals surface area contributed by atoms with E-state index in [0.29, 0.717) is 6.42 Å². The minimum Gasteiger partial charge on any atom is -0.368 e. The number of nitrogens with one attached hydrogen (secondary N) is 1. The van der Waals surface area contributed by atoms with Gasteiger partial charge in [-0.3, -0.25) is 9.59 Å². The highest BCUT2D eigenvalue weighted by Gasteiger charge is 2.44. The normalized spacial score (nSPS) is 12.4. The first-order valence-corrected chi connectivity index (χ1v) is 10.2. The molecule has 3 aromatic carbocycles. The monoisotopic (exact) mass is 400 g/mol. The third-order valence-electron chi connectivity index (χ3n) is 5.32. The molecule has 0 bridgehead atoms. The van der Waals surface area contributed by atoms with Gasteiger partial charge in [0.15, 0.2) is 0 Å². The fourth-order valence-electron chi connectivity index (χ4n) is 3.94. The van der Waals surface area contributed by atoms with Crippen LogP contribution in [0, 0.1) is 5.92 Å². The van der Waals surface area contributed by atoms with Crippen LogP contribution in [0.15, 0.2) is 91.0 Å². The second-order valence-electron chi connectivity index (χ2n) is 7.91. The molecule has 0 radical (unpaired) electrons. The van der Waals surface area contributed by atoms with Crippen LogP contribution in [0.5, 0.6) is 0 Å². The Hall–Kier alpha value is -3.40. The minimum atomic E-state index is -1.12. The second-order valence-corrected chi connectivity index (χ2v) is 7.91. The van der Waals surface area contributed by atoms with Crippen molar-refractivity contribution in [3.05, 3.63) is 108 Å². The molecule has 3 N–H and O–H groups in total. The minimum absolute atomic E-state index is 0.211. The van der Waals surface area contributed by atoms with Crippen LogP contribution >= 0.6 is 0 Å². The van der Waals surface area contributed by atoms with E-state index in [-0.39, 0.29) is 11.8 Å². The summed E-state index contributed by atoms with van der Waals surface area (Å²) in [6, 6.07) is 28.2. The molecule has 154 valence electrons. The maximum atomic E-state index is 14.0. The number of primary amides is 1. The molecule has 0 saturated heterocycles. The van der Waals surface area contributed by atoms with Crippen LogP contribution in [0.25, 0.3) is 0 Å². The maximum absolute atomic E-state index is 14.0. The van der Waals surface area contributed by atoms with Gasteiger partial charge in [0.05, 0.1) is 0 Å². The average molecular weight is 401 g/mol. The molecule has 0 aliphatic rings. The van der Waals surface area contributed by atoms with E-state index in [9.17, 15) is 9.59 Å². The van der Waals surface area contributed by atoms with Crippen LogP contribution in [0.4, 0.5) is 0 Å². The Kier molecular flexibility index (Phi) is 6.68. The van der Waals surface area contributed by atoms with Gasteiger partial charge in [-0.25, -0.2) is 0 Å². The highest BCUT2D eigenvalue weighted by molar-refractivity contribution is 5.98. The van der Waals surface area contributed by atoms with Gasteiger partial charge in [0, 0.05) is 0 Å². The summed E-state index contributed by atoms with van der Waals surface area (Å²) in [5, 5.41) is 2.97. The van der Waals surface area contributed by atoms with Gasteiger partial charge in [0.2, 0.25) is 11.8 Å². The first-order valence-electron chi connectivity index (χ1n) is 10.2. The predicted octanol–water partition coefficient (Wildman–Crippen LogP) is 4.04. The van der Waals surface area contributed by atoms with Gasteiger partial charge in [-0.05, 0) is 29.0 Å². The molecule has 0 unspecified atom stereocenters. The SMILES string of the molecule is CC(C)C[C@H](NC(=O)C(c1ccccc1)(c1ccccc1)c1ccccc1)C(N)=O. The molecular weight excluding hydrogens is 372 g/mol. The van der Waals surface area contributed by atoms with Gasteiger partial charge in [0.1, 0.15) is 11.5 Å². The molecule has 0 fully saturated rings. The van der Waals surface area contributed by atoms with Gasteiger partial charge >= 0.3 is 0 Å². The summed E-state index contributed by atoms with van der Waals surface area (Å²) >= 11 is 0. The Balaban J connectivity index is 2.23. The van der Waals surface area contributed by atoms with Crippen molar-refractivity contribution in [2.24, 2.45) is 11.7 Å². The fraction of sp³-hybridized carbons (Fsp3) is 0.231. The molecule has 4 nitrogen and oxygen atoms in total. The van der Waals surface area contributed by atoms with Crippen LogP contribution in [0.1, 0.15) is 37.0 Å². The fourth-order valence-corrected chi connectivity index (χ4v) is 3.94. The topological polar surface area (TPSA) is 72.2 Å². The van der Waals surface area contributed by atoms with E-state index in [2.05, 4.69) is 5.32 Å². The van der Waals surface area contributed by atoms with E-state index >= 15 is 0 Å². The molecule has 0 aliphatic heterocycles. The summed E-state index contributed by atoms with van der Waals surface area (Å²) in [6.45, 7) is 4.00. The molecule has 0 saturated carbocycles. The Labute approximate surface area is 178 Å². The van der Waals surface area contributed by atoms with Gasteiger partial charge in [-0.2, -0.15) is 0 Å². The number of nitrogens with two attached hydrogens (primary N) is 1. The molecule has 3 aromatic rings. The largest absolute Gasteiger partial charge is 0.368 e. The molecule has 0 aromatic heterocycles. The summed E-state index contributed by atoms with van der Waals surface area (Å²) in [7, 11) is 0. The first kappa shape index (κ1) is 21.3.